The molecule has 0 spiro atoms. The number of hydrogen-bond acceptors (Lipinski definition) is 2. The summed E-state index contributed by atoms with van der Waals surface area (Å²) in [5, 5.41) is 6.64. The Morgan fingerprint density at radius 1 is 1.24 bits per heavy atom. The molecular weight excluding hydrogens is 333 g/mol. The maximum Gasteiger partial charge on any atom is 0.171 e. The van der Waals surface area contributed by atoms with Gasteiger partial charge in [-0.05, 0) is 66.9 Å². The molecule has 0 aliphatic carbocycles. The predicted molar refractivity (Wildman–Crippen MR) is 107 cm³/mol. The van der Waals surface area contributed by atoms with Crippen molar-refractivity contribution >= 4 is 28.7 Å². The van der Waals surface area contributed by atoms with Crippen LogP contribution in [0, 0.1) is 11.7 Å². The van der Waals surface area contributed by atoms with E-state index in [9.17, 15) is 4.39 Å². The number of benzene rings is 2. The Morgan fingerprint density at radius 2 is 2.04 bits per heavy atom. The van der Waals surface area contributed by atoms with E-state index in [2.05, 4.69) is 46.7 Å². The molecule has 0 saturated carbocycles. The summed E-state index contributed by atoms with van der Waals surface area (Å²) in [7, 11) is 0. The molecule has 1 fully saturated rings. The lowest BCUT2D eigenvalue weighted by Crippen LogP contribution is -2.34. The van der Waals surface area contributed by atoms with Gasteiger partial charge in [0.2, 0.25) is 0 Å². The van der Waals surface area contributed by atoms with Gasteiger partial charge in [0.05, 0.1) is 0 Å². The van der Waals surface area contributed by atoms with Crippen molar-refractivity contribution in [3.8, 4) is 0 Å². The number of piperidine rings is 1. The highest BCUT2D eigenvalue weighted by molar-refractivity contribution is 7.80. The van der Waals surface area contributed by atoms with E-state index in [1.165, 1.54) is 30.7 Å². The minimum Gasteiger partial charge on any atom is -0.371 e. The van der Waals surface area contributed by atoms with Crippen molar-refractivity contribution in [2.45, 2.75) is 26.3 Å². The van der Waals surface area contributed by atoms with Gasteiger partial charge in [0.15, 0.2) is 5.11 Å². The van der Waals surface area contributed by atoms with Gasteiger partial charge in [-0.1, -0.05) is 25.1 Å². The average Bonchev–Trinajstić information content (AvgIpc) is 2.60. The van der Waals surface area contributed by atoms with E-state index < -0.39 is 0 Å². The highest BCUT2D eigenvalue weighted by Crippen LogP contribution is 2.23. The van der Waals surface area contributed by atoms with Crippen LogP contribution in [-0.2, 0) is 6.54 Å². The summed E-state index contributed by atoms with van der Waals surface area (Å²) in [5.41, 5.74) is 3.10. The molecular formula is C20H24FN3S. The van der Waals surface area contributed by atoms with Crippen LogP contribution >= 0.6 is 12.2 Å². The quantitative estimate of drug-likeness (QED) is 0.785. The van der Waals surface area contributed by atoms with E-state index in [1.807, 2.05) is 0 Å². The normalized spacial score (nSPS) is 17.2. The standard InChI is InChI=1S/C20H24FN3S/c1-15-4-3-11-24(14-15)19-9-7-16(8-10-19)13-22-20(25)23-18-6-2-5-17(21)12-18/h2,5-10,12,15H,3-4,11,13-14H2,1H3,(H2,22,23,25). The number of nitrogens with zero attached hydrogens (tertiary/aromatic N) is 1. The lowest BCUT2D eigenvalue weighted by atomic mass is 9.99. The molecule has 0 bridgehead atoms. The molecule has 2 aromatic carbocycles. The van der Waals surface area contributed by atoms with Crippen LogP contribution < -0.4 is 15.5 Å². The summed E-state index contributed by atoms with van der Waals surface area (Å²) >= 11 is 5.27. The molecule has 25 heavy (non-hydrogen) atoms. The van der Waals surface area contributed by atoms with E-state index in [-0.39, 0.29) is 5.82 Å². The fraction of sp³-hybridized carbons (Fsp3) is 0.350. The van der Waals surface area contributed by atoms with Crippen LogP contribution in [-0.4, -0.2) is 18.2 Å². The van der Waals surface area contributed by atoms with E-state index >= 15 is 0 Å². The topological polar surface area (TPSA) is 27.3 Å². The first-order valence-corrected chi connectivity index (χ1v) is 9.15. The Hall–Kier alpha value is -2.14. The number of anilines is 2. The lowest BCUT2D eigenvalue weighted by Gasteiger charge is -2.32. The van der Waals surface area contributed by atoms with Gasteiger partial charge in [-0.15, -0.1) is 0 Å². The second kappa shape index (κ2) is 8.30. The molecule has 5 heteroatoms. The Morgan fingerprint density at radius 3 is 2.76 bits per heavy atom. The zero-order valence-corrected chi connectivity index (χ0v) is 15.3. The van der Waals surface area contributed by atoms with Gasteiger partial charge in [-0.3, -0.25) is 0 Å². The summed E-state index contributed by atoms with van der Waals surface area (Å²) in [6, 6.07) is 14.9. The molecule has 1 unspecified atom stereocenters. The van der Waals surface area contributed by atoms with Crippen LogP contribution in [0.4, 0.5) is 15.8 Å². The van der Waals surface area contributed by atoms with Crippen molar-refractivity contribution < 1.29 is 4.39 Å². The van der Waals surface area contributed by atoms with Gasteiger partial charge in [0.25, 0.3) is 0 Å². The number of nitrogens with one attached hydrogen (secondary N) is 2. The first kappa shape index (κ1) is 17.7. The lowest BCUT2D eigenvalue weighted by molar-refractivity contribution is 0.447. The summed E-state index contributed by atoms with van der Waals surface area (Å²) in [6.45, 7) is 5.23. The molecule has 1 heterocycles. The van der Waals surface area contributed by atoms with Crippen LogP contribution in [0.5, 0.6) is 0 Å². The van der Waals surface area contributed by atoms with E-state index in [0.717, 1.165) is 24.6 Å². The third-order valence-electron chi connectivity index (χ3n) is 4.49. The van der Waals surface area contributed by atoms with Crippen molar-refractivity contribution in [3.63, 3.8) is 0 Å². The fourth-order valence-electron chi connectivity index (χ4n) is 3.17. The molecule has 2 N–H and O–H groups in total. The number of halogens is 1. The van der Waals surface area contributed by atoms with Crippen LogP contribution in [0.25, 0.3) is 0 Å². The second-order valence-corrected chi connectivity index (χ2v) is 7.09. The van der Waals surface area contributed by atoms with Crippen LogP contribution in [0.3, 0.4) is 0 Å². The molecule has 3 nitrogen and oxygen atoms in total. The van der Waals surface area contributed by atoms with E-state index in [0.29, 0.717) is 17.3 Å². The summed E-state index contributed by atoms with van der Waals surface area (Å²) in [5.74, 6) is 0.483. The number of thiocarbonyl (C=S) groups is 1. The predicted octanol–water partition coefficient (Wildman–Crippen LogP) is 4.55. The SMILES string of the molecule is CC1CCCN(c2ccc(CNC(=S)Nc3cccc(F)c3)cc2)C1. The number of hydrogen-bond donors (Lipinski definition) is 2. The third-order valence-corrected chi connectivity index (χ3v) is 4.74. The van der Waals surface area contributed by atoms with Gasteiger partial charge < -0.3 is 15.5 Å². The average molecular weight is 357 g/mol. The van der Waals surface area contributed by atoms with Crippen molar-refractivity contribution in [1.29, 1.82) is 0 Å². The molecule has 0 amide bonds. The zero-order valence-electron chi connectivity index (χ0n) is 14.5. The maximum absolute atomic E-state index is 13.2. The van der Waals surface area contributed by atoms with Crippen molar-refractivity contribution in [1.82, 2.24) is 5.32 Å². The second-order valence-electron chi connectivity index (χ2n) is 6.68. The molecule has 0 aromatic heterocycles. The van der Waals surface area contributed by atoms with Gasteiger partial charge in [-0.2, -0.15) is 0 Å². The summed E-state index contributed by atoms with van der Waals surface area (Å²) in [6.07, 6.45) is 2.60. The molecule has 1 saturated heterocycles. The van der Waals surface area contributed by atoms with Crippen molar-refractivity contribution in [3.05, 3.63) is 59.9 Å². The summed E-state index contributed by atoms with van der Waals surface area (Å²) < 4.78 is 13.2. The monoisotopic (exact) mass is 357 g/mol. The first-order valence-electron chi connectivity index (χ1n) is 8.74. The Labute approximate surface area is 154 Å². The highest BCUT2D eigenvalue weighted by atomic mass is 32.1. The summed E-state index contributed by atoms with van der Waals surface area (Å²) in [4.78, 5) is 2.46. The van der Waals surface area contributed by atoms with Crippen LogP contribution in [0.2, 0.25) is 0 Å². The largest absolute Gasteiger partial charge is 0.371 e. The highest BCUT2D eigenvalue weighted by Gasteiger charge is 2.16. The maximum atomic E-state index is 13.2. The molecule has 3 rings (SSSR count). The van der Waals surface area contributed by atoms with Crippen LogP contribution in [0.15, 0.2) is 48.5 Å². The molecule has 0 radical (unpaired) electrons. The molecule has 1 aliphatic heterocycles. The zero-order chi connectivity index (χ0) is 17.6. The van der Waals surface area contributed by atoms with Gasteiger partial charge in [-0.25, -0.2) is 4.39 Å². The molecule has 1 atom stereocenters. The Balaban J connectivity index is 1.50. The van der Waals surface area contributed by atoms with Gasteiger partial charge >= 0.3 is 0 Å². The smallest absolute Gasteiger partial charge is 0.171 e. The van der Waals surface area contributed by atoms with E-state index in [4.69, 9.17) is 12.2 Å². The molecule has 2 aromatic rings. The van der Waals surface area contributed by atoms with Gasteiger partial charge in [0, 0.05) is 31.0 Å². The fourth-order valence-corrected chi connectivity index (χ4v) is 3.36. The van der Waals surface area contributed by atoms with Gasteiger partial charge in [0.1, 0.15) is 5.82 Å². The van der Waals surface area contributed by atoms with Crippen molar-refractivity contribution in [2.24, 2.45) is 5.92 Å². The first-order chi connectivity index (χ1) is 12.1. The number of rotatable bonds is 4. The molecule has 1 aliphatic rings. The molecule has 132 valence electrons. The Kier molecular flexibility index (Phi) is 5.87. The van der Waals surface area contributed by atoms with Crippen molar-refractivity contribution in [2.75, 3.05) is 23.3 Å². The third kappa shape index (κ3) is 5.16. The van der Waals surface area contributed by atoms with E-state index in [1.54, 1.807) is 12.1 Å². The minimum atomic E-state index is -0.282. The Bertz CT molecular complexity index is 717. The van der Waals surface area contributed by atoms with Crippen LogP contribution in [0.1, 0.15) is 25.3 Å². The minimum absolute atomic E-state index is 0.282.